The summed E-state index contributed by atoms with van der Waals surface area (Å²) in [5.41, 5.74) is 2.65. The Labute approximate surface area is 144 Å². The topological polar surface area (TPSA) is 57.7 Å². The summed E-state index contributed by atoms with van der Waals surface area (Å²) >= 11 is 0. The Hall–Kier alpha value is -1.40. The molecule has 1 atom stereocenters. The van der Waals surface area contributed by atoms with Gasteiger partial charge in [-0.15, -0.1) is 0 Å². The second kappa shape index (κ2) is 7.23. The van der Waals surface area contributed by atoms with Crippen molar-refractivity contribution in [1.29, 1.82) is 0 Å². The third-order valence-corrected chi connectivity index (χ3v) is 7.01. The number of sulfone groups is 1. The zero-order valence-corrected chi connectivity index (χ0v) is 15.1. The van der Waals surface area contributed by atoms with Gasteiger partial charge >= 0.3 is 0 Å². The van der Waals surface area contributed by atoms with Crippen LogP contribution in [0.1, 0.15) is 24.0 Å². The van der Waals surface area contributed by atoms with Crippen LogP contribution in [0.15, 0.2) is 24.3 Å². The van der Waals surface area contributed by atoms with Crippen LogP contribution in [0.25, 0.3) is 0 Å². The number of amides is 1. The number of carbonyl (C=O) groups excluding carboxylic acids is 1. The first-order valence-corrected chi connectivity index (χ1v) is 10.5. The van der Waals surface area contributed by atoms with Crippen LogP contribution in [-0.4, -0.2) is 61.8 Å². The predicted octanol–water partition coefficient (Wildman–Crippen LogP) is 1.46. The van der Waals surface area contributed by atoms with Crippen LogP contribution >= 0.6 is 0 Å². The van der Waals surface area contributed by atoms with E-state index in [0.29, 0.717) is 12.8 Å². The van der Waals surface area contributed by atoms with Crippen LogP contribution in [0, 0.1) is 12.8 Å². The molecule has 0 unspecified atom stereocenters. The molecule has 3 rings (SSSR count). The van der Waals surface area contributed by atoms with E-state index in [9.17, 15) is 13.2 Å². The summed E-state index contributed by atoms with van der Waals surface area (Å²) in [6, 6.07) is 8.41. The molecule has 0 spiro atoms. The number of hydrogen-bond acceptors (Lipinski definition) is 4. The smallest absolute Gasteiger partial charge is 0.222 e. The van der Waals surface area contributed by atoms with Gasteiger partial charge in [0.1, 0.15) is 0 Å². The van der Waals surface area contributed by atoms with Gasteiger partial charge in [-0.2, -0.15) is 0 Å². The maximum atomic E-state index is 12.4. The van der Waals surface area contributed by atoms with Crippen molar-refractivity contribution < 1.29 is 13.2 Å². The maximum absolute atomic E-state index is 12.4. The minimum absolute atomic E-state index is 0.0208. The molecule has 1 aromatic rings. The molecule has 2 aliphatic rings. The average molecular weight is 350 g/mol. The number of aryl methyl sites for hydroxylation is 1. The summed E-state index contributed by atoms with van der Waals surface area (Å²) in [7, 11) is -2.90. The lowest BCUT2D eigenvalue weighted by molar-refractivity contribution is -0.133. The van der Waals surface area contributed by atoms with E-state index >= 15 is 0 Å². The molecular formula is C18H26N2O3S. The van der Waals surface area contributed by atoms with Crippen LogP contribution in [0.3, 0.4) is 0 Å². The Kier molecular flexibility index (Phi) is 5.25. The molecule has 24 heavy (non-hydrogen) atoms. The summed E-state index contributed by atoms with van der Waals surface area (Å²) in [6.07, 6.45) is 1.03. The van der Waals surface area contributed by atoms with Gasteiger partial charge < -0.3 is 4.90 Å². The van der Waals surface area contributed by atoms with E-state index in [-0.39, 0.29) is 23.3 Å². The number of hydrogen-bond donors (Lipinski definition) is 0. The first kappa shape index (κ1) is 17.4. The molecular weight excluding hydrogens is 324 g/mol. The van der Waals surface area contributed by atoms with Crippen molar-refractivity contribution in [1.82, 2.24) is 9.80 Å². The van der Waals surface area contributed by atoms with E-state index in [1.807, 2.05) is 4.90 Å². The number of rotatable bonds is 4. The lowest BCUT2D eigenvalue weighted by Gasteiger charge is -2.35. The van der Waals surface area contributed by atoms with Gasteiger partial charge in [-0.25, -0.2) is 8.42 Å². The molecule has 132 valence electrons. The molecule has 0 N–H and O–H groups in total. The predicted molar refractivity (Wildman–Crippen MR) is 94.4 cm³/mol. The second-order valence-electron chi connectivity index (χ2n) is 7.06. The summed E-state index contributed by atoms with van der Waals surface area (Å²) < 4.78 is 23.0. The molecule has 0 aromatic heterocycles. The van der Waals surface area contributed by atoms with Crippen LogP contribution in [0.5, 0.6) is 0 Å². The van der Waals surface area contributed by atoms with E-state index in [4.69, 9.17) is 0 Å². The fourth-order valence-corrected chi connectivity index (χ4v) is 5.45. The molecule has 2 saturated heterocycles. The monoisotopic (exact) mass is 350 g/mol. The van der Waals surface area contributed by atoms with Crippen molar-refractivity contribution >= 4 is 15.7 Å². The minimum atomic E-state index is -2.90. The standard InChI is InChI=1S/C18H26N2O3S/c1-15-4-2-3-5-17(15)13-19-7-9-20(10-8-19)18(21)12-16-6-11-24(22,23)14-16/h2-5,16H,6-14H2,1H3/t16-/m0/s1. The Morgan fingerprint density at radius 1 is 1.17 bits per heavy atom. The molecule has 0 radical (unpaired) electrons. The quantitative estimate of drug-likeness (QED) is 0.825. The summed E-state index contributed by atoms with van der Waals surface area (Å²) in [5, 5.41) is 0. The van der Waals surface area contributed by atoms with Gasteiger partial charge in [-0.3, -0.25) is 9.69 Å². The molecule has 0 bridgehead atoms. The molecule has 2 fully saturated rings. The van der Waals surface area contributed by atoms with Crippen LogP contribution < -0.4 is 0 Å². The summed E-state index contributed by atoms with van der Waals surface area (Å²) in [6.45, 7) is 6.29. The summed E-state index contributed by atoms with van der Waals surface area (Å²) in [4.78, 5) is 16.7. The maximum Gasteiger partial charge on any atom is 0.222 e. The number of piperazine rings is 1. The lowest BCUT2D eigenvalue weighted by Crippen LogP contribution is -2.48. The minimum Gasteiger partial charge on any atom is -0.340 e. The molecule has 5 nitrogen and oxygen atoms in total. The number of nitrogens with zero attached hydrogens (tertiary/aromatic N) is 2. The van der Waals surface area contributed by atoms with Gasteiger partial charge in [0.25, 0.3) is 0 Å². The van der Waals surface area contributed by atoms with Crippen molar-refractivity contribution in [2.75, 3.05) is 37.7 Å². The third-order valence-electron chi connectivity index (χ3n) is 5.17. The molecule has 0 saturated carbocycles. The number of benzene rings is 1. The highest BCUT2D eigenvalue weighted by atomic mass is 32.2. The van der Waals surface area contributed by atoms with Crippen LogP contribution in [-0.2, 0) is 21.2 Å². The molecule has 6 heteroatoms. The van der Waals surface area contributed by atoms with Gasteiger partial charge in [0.2, 0.25) is 5.91 Å². The highest BCUT2D eigenvalue weighted by Gasteiger charge is 2.31. The zero-order chi connectivity index (χ0) is 17.2. The normalized spacial score (nSPS) is 24.2. The van der Waals surface area contributed by atoms with E-state index in [0.717, 1.165) is 32.7 Å². The number of carbonyl (C=O) groups is 1. The highest BCUT2D eigenvalue weighted by Crippen LogP contribution is 2.23. The Bertz CT molecular complexity index is 694. The molecule has 2 heterocycles. The van der Waals surface area contributed by atoms with Gasteiger partial charge in [-0.1, -0.05) is 24.3 Å². The Balaban J connectivity index is 1.46. The first-order valence-electron chi connectivity index (χ1n) is 8.68. The van der Waals surface area contributed by atoms with Crippen molar-refractivity contribution in [3.05, 3.63) is 35.4 Å². The van der Waals surface area contributed by atoms with E-state index in [1.54, 1.807) is 0 Å². The van der Waals surface area contributed by atoms with Crippen molar-refractivity contribution in [3.8, 4) is 0 Å². The Morgan fingerprint density at radius 3 is 2.50 bits per heavy atom. The second-order valence-corrected chi connectivity index (χ2v) is 9.29. The SMILES string of the molecule is Cc1ccccc1CN1CCN(C(=O)C[C@@H]2CCS(=O)(=O)C2)CC1. The van der Waals surface area contributed by atoms with E-state index in [1.165, 1.54) is 11.1 Å². The van der Waals surface area contributed by atoms with Crippen molar-refractivity contribution in [2.45, 2.75) is 26.3 Å². The fourth-order valence-electron chi connectivity index (χ4n) is 3.59. The van der Waals surface area contributed by atoms with Crippen molar-refractivity contribution in [2.24, 2.45) is 5.92 Å². The Morgan fingerprint density at radius 2 is 1.88 bits per heavy atom. The highest BCUT2D eigenvalue weighted by molar-refractivity contribution is 7.91. The van der Waals surface area contributed by atoms with E-state index < -0.39 is 9.84 Å². The van der Waals surface area contributed by atoms with Crippen molar-refractivity contribution in [3.63, 3.8) is 0 Å². The van der Waals surface area contributed by atoms with Gasteiger partial charge in [-0.05, 0) is 30.4 Å². The van der Waals surface area contributed by atoms with Gasteiger partial charge in [0.05, 0.1) is 11.5 Å². The average Bonchev–Trinajstić information content (AvgIpc) is 2.89. The van der Waals surface area contributed by atoms with Crippen LogP contribution in [0.4, 0.5) is 0 Å². The fraction of sp³-hybridized carbons (Fsp3) is 0.611. The molecule has 1 amide bonds. The summed E-state index contributed by atoms with van der Waals surface area (Å²) in [5.74, 6) is 0.571. The van der Waals surface area contributed by atoms with Gasteiger partial charge in [0, 0.05) is 39.1 Å². The third kappa shape index (κ3) is 4.36. The molecule has 2 aliphatic heterocycles. The zero-order valence-electron chi connectivity index (χ0n) is 14.3. The molecule has 1 aromatic carbocycles. The lowest BCUT2D eigenvalue weighted by atomic mass is 10.0. The first-order chi connectivity index (χ1) is 11.4. The van der Waals surface area contributed by atoms with Crippen LogP contribution in [0.2, 0.25) is 0 Å². The van der Waals surface area contributed by atoms with Gasteiger partial charge in [0.15, 0.2) is 9.84 Å². The largest absolute Gasteiger partial charge is 0.340 e. The van der Waals surface area contributed by atoms with E-state index in [2.05, 4.69) is 36.1 Å². The molecule has 0 aliphatic carbocycles.